The molecule has 7 fully saturated rings. The van der Waals surface area contributed by atoms with Gasteiger partial charge < -0.3 is 34.6 Å². The van der Waals surface area contributed by atoms with Gasteiger partial charge >= 0.3 is 18.3 Å². The van der Waals surface area contributed by atoms with Crippen LogP contribution in [0.15, 0.2) is 60.9 Å². The van der Waals surface area contributed by atoms with Crippen molar-refractivity contribution in [1.82, 2.24) is 29.8 Å². The number of amides is 4. The number of piperidine rings is 1. The summed E-state index contributed by atoms with van der Waals surface area (Å²) in [5, 5.41) is 16.6. The molecule has 7 aliphatic rings. The highest BCUT2D eigenvalue weighted by Crippen LogP contribution is 2.60. The number of carboxylic acid groups (broad SMARTS) is 1. The first kappa shape index (κ1) is 47.6. The second-order valence-corrected chi connectivity index (χ2v) is 20.0. The van der Waals surface area contributed by atoms with E-state index in [0.717, 1.165) is 48.3 Å². The number of alkyl halides is 6. The highest BCUT2D eigenvalue weighted by Gasteiger charge is 2.72. The third kappa shape index (κ3) is 9.21. The first-order valence-corrected chi connectivity index (χ1v) is 23.2. The van der Waals surface area contributed by atoms with Crippen LogP contribution in [0.4, 0.5) is 26.3 Å². The van der Waals surface area contributed by atoms with Gasteiger partial charge in [0.15, 0.2) is 0 Å². The number of ether oxygens (including phenoxy) is 2. The Morgan fingerprint density at radius 1 is 0.853 bits per heavy atom. The second-order valence-electron chi connectivity index (χ2n) is 20.0. The van der Waals surface area contributed by atoms with E-state index in [1.807, 2.05) is 0 Å². The van der Waals surface area contributed by atoms with Gasteiger partial charge in [-0.3, -0.25) is 23.9 Å². The van der Waals surface area contributed by atoms with Crippen molar-refractivity contribution in [2.45, 2.75) is 101 Å². The fourth-order valence-electron chi connectivity index (χ4n) is 11.0. The van der Waals surface area contributed by atoms with Crippen LogP contribution >= 0.6 is 0 Å². The van der Waals surface area contributed by atoms with E-state index < -0.39 is 76.4 Å². The molecule has 3 aromatic rings. The SMILES string of the molecule is C[C@@H](OCC12CCC(CC1)OC2)C(NC(=O)[C@@H]1CN(C(=O)c2cnn(Cc3ccc(C(F)(F)F)cc3)c2)CC12CN(C(=O)C1(C(F)(F)F)CC1)C2)C(=O)N1CCC(c2ccc(C(=O)O)cc2)CC1. The number of nitrogens with zero attached hydrogens (tertiary/aromatic N) is 5. The van der Waals surface area contributed by atoms with E-state index in [0.29, 0.717) is 38.1 Å². The molecule has 1 spiro atoms. The summed E-state index contributed by atoms with van der Waals surface area (Å²) < 4.78 is 95.7. The average Bonchev–Trinajstić information content (AvgIpc) is 3.86. The Hall–Kier alpha value is -5.50. The van der Waals surface area contributed by atoms with Crippen molar-refractivity contribution in [3.63, 3.8) is 0 Å². The highest BCUT2D eigenvalue weighted by atomic mass is 19.4. The fourth-order valence-corrected chi connectivity index (χ4v) is 11.0. The molecule has 2 aromatic carbocycles. The lowest BCUT2D eigenvalue weighted by molar-refractivity contribution is -0.205. The van der Waals surface area contributed by atoms with Crippen LogP contribution in [0.2, 0.25) is 0 Å². The van der Waals surface area contributed by atoms with E-state index in [1.54, 1.807) is 36.1 Å². The van der Waals surface area contributed by atoms with Gasteiger partial charge in [0, 0.05) is 56.3 Å². The molecule has 2 N–H and O–H groups in total. The van der Waals surface area contributed by atoms with Crippen LogP contribution in [-0.4, -0.2) is 136 Å². The van der Waals surface area contributed by atoms with Crippen molar-refractivity contribution >= 4 is 29.6 Å². The number of aromatic carboxylic acids is 1. The number of benzene rings is 2. The van der Waals surface area contributed by atoms with E-state index in [2.05, 4.69) is 10.4 Å². The summed E-state index contributed by atoms with van der Waals surface area (Å²) in [4.78, 5) is 72.7. The van der Waals surface area contributed by atoms with Gasteiger partial charge in [-0.25, -0.2) is 4.79 Å². The second kappa shape index (κ2) is 17.8. The quantitative estimate of drug-likeness (QED) is 0.192. The molecule has 1 aromatic heterocycles. The zero-order chi connectivity index (χ0) is 48.4. The monoisotopic (exact) mass is 956 g/mol. The fraction of sp³-hybridized carbons (Fsp3) is 0.583. The van der Waals surface area contributed by atoms with Crippen molar-refractivity contribution < 1.29 is 64.9 Å². The van der Waals surface area contributed by atoms with Crippen LogP contribution in [0.5, 0.6) is 0 Å². The summed E-state index contributed by atoms with van der Waals surface area (Å²) in [6.07, 6.45) is -3.14. The number of hydrogen-bond donors (Lipinski definition) is 2. The van der Waals surface area contributed by atoms with Gasteiger partial charge in [0.1, 0.15) is 11.5 Å². The van der Waals surface area contributed by atoms with Crippen LogP contribution in [0.3, 0.4) is 0 Å². The normalized spacial score (nSPS) is 25.2. The lowest BCUT2D eigenvalue weighted by atomic mass is 9.70. The number of carboxylic acids is 1. The van der Waals surface area contributed by atoms with E-state index >= 15 is 0 Å². The molecule has 366 valence electrons. The average molecular weight is 957 g/mol. The van der Waals surface area contributed by atoms with Crippen LogP contribution in [0, 0.1) is 22.2 Å². The minimum absolute atomic E-state index is 0.0420. The maximum absolute atomic E-state index is 14.8. The Morgan fingerprint density at radius 3 is 2.07 bits per heavy atom. The van der Waals surface area contributed by atoms with Crippen molar-refractivity contribution in [1.29, 1.82) is 0 Å². The van der Waals surface area contributed by atoms with Crippen molar-refractivity contribution in [3.8, 4) is 0 Å². The maximum atomic E-state index is 14.8. The molecule has 3 atom stereocenters. The third-order valence-electron chi connectivity index (χ3n) is 15.5. The van der Waals surface area contributed by atoms with Gasteiger partial charge in [-0.05, 0) is 99.6 Å². The predicted molar refractivity (Wildman–Crippen MR) is 229 cm³/mol. The predicted octanol–water partition coefficient (Wildman–Crippen LogP) is 6.15. The molecule has 10 rings (SSSR count). The Bertz CT molecular complexity index is 2380. The molecule has 0 radical (unpaired) electrons. The van der Waals surface area contributed by atoms with Crippen LogP contribution < -0.4 is 5.32 Å². The third-order valence-corrected chi connectivity index (χ3v) is 15.5. The number of rotatable bonds is 13. The summed E-state index contributed by atoms with van der Waals surface area (Å²) in [7, 11) is 0. The number of likely N-dealkylation sites (tertiary alicyclic amines) is 3. The maximum Gasteiger partial charge on any atom is 0.416 e. The molecule has 5 aliphatic heterocycles. The van der Waals surface area contributed by atoms with Crippen LogP contribution in [0.1, 0.15) is 102 Å². The van der Waals surface area contributed by atoms with Crippen molar-refractivity contribution in [2.75, 3.05) is 52.5 Å². The van der Waals surface area contributed by atoms with Gasteiger partial charge in [-0.15, -0.1) is 0 Å². The summed E-state index contributed by atoms with van der Waals surface area (Å²) in [6.45, 7) is 2.49. The molecule has 68 heavy (non-hydrogen) atoms. The van der Waals surface area contributed by atoms with Crippen molar-refractivity contribution in [2.24, 2.45) is 22.2 Å². The smallest absolute Gasteiger partial charge is 0.416 e. The molecule has 6 heterocycles. The Balaban J connectivity index is 0.935. The number of halogens is 6. The number of hydrogen-bond acceptors (Lipinski definition) is 8. The highest BCUT2D eigenvalue weighted by molar-refractivity contribution is 5.96. The number of nitrogens with one attached hydrogen (secondary N) is 1. The molecule has 1 unspecified atom stereocenters. The standard InChI is InChI=1S/C48H54F6N6O8/c1-29(67-27-44-14-10-36(11-15-44)68-28-44)38(41(63)57-18-12-32(13-19-57)31-4-6-33(7-5-31)42(64)65)56-39(61)37-23-58(24-45(37)25-59(26-45)43(66)46(16-17-46)48(52,53)54)40(62)34-20-55-60(22-34)21-30-2-8-35(9-3-30)47(49,50)51/h2-9,20,22,29,32,36-38H,10-19,21,23-28H2,1H3,(H,56,61)(H,64,65)/t29-,36?,37+,38?,44?/m1/s1. The zero-order valence-electron chi connectivity index (χ0n) is 37.5. The zero-order valence-corrected chi connectivity index (χ0v) is 37.5. The molecule has 2 saturated carbocycles. The number of fused-ring (bicyclic) bond motifs is 3. The number of carbonyl (C=O) groups is 5. The Labute approximate surface area is 388 Å². The first-order valence-electron chi connectivity index (χ1n) is 23.2. The first-order chi connectivity index (χ1) is 32.2. The van der Waals surface area contributed by atoms with Crippen molar-refractivity contribution in [3.05, 3.63) is 88.7 Å². The molecular weight excluding hydrogens is 903 g/mol. The van der Waals surface area contributed by atoms with E-state index in [9.17, 15) is 55.4 Å². The largest absolute Gasteiger partial charge is 0.478 e. The van der Waals surface area contributed by atoms with Crippen LogP contribution in [-0.2, 0) is 36.6 Å². The lowest BCUT2D eigenvalue weighted by Gasteiger charge is -2.51. The Kier molecular flexibility index (Phi) is 12.4. The Morgan fingerprint density at radius 2 is 1.50 bits per heavy atom. The molecule has 2 aliphatic carbocycles. The molecule has 14 nitrogen and oxygen atoms in total. The molecule has 2 bridgehead atoms. The van der Waals surface area contributed by atoms with Gasteiger partial charge in [0.25, 0.3) is 5.91 Å². The minimum atomic E-state index is -4.76. The van der Waals surface area contributed by atoms with Gasteiger partial charge in [-0.2, -0.15) is 31.4 Å². The topological polar surface area (TPSA) is 164 Å². The number of carbonyl (C=O) groups excluding carboxylic acids is 4. The van der Waals surface area contributed by atoms with E-state index in [-0.39, 0.29) is 80.7 Å². The summed E-state index contributed by atoms with van der Waals surface area (Å²) in [5.41, 5.74) is -3.00. The summed E-state index contributed by atoms with van der Waals surface area (Å²) in [5.74, 6) is -4.66. The molecule has 5 saturated heterocycles. The summed E-state index contributed by atoms with van der Waals surface area (Å²) in [6, 6.07) is 9.94. The van der Waals surface area contributed by atoms with E-state index in [4.69, 9.17) is 9.47 Å². The summed E-state index contributed by atoms with van der Waals surface area (Å²) >= 11 is 0. The molecule has 20 heteroatoms. The van der Waals surface area contributed by atoms with E-state index in [1.165, 1.54) is 34.1 Å². The van der Waals surface area contributed by atoms with Crippen LogP contribution in [0.25, 0.3) is 0 Å². The van der Waals surface area contributed by atoms with Gasteiger partial charge in [0.05, 0.1) is 60.8 Å². The molecular formula is C48H54F6N6O8. The minimum Gasteiger partial charge on any atom is -0.478 e. The lowest BCUT2D eigenvalue weighted by Crippen LogP contribution is -2.67. The number of aromatic nitrogens is 2. The molecule has 4 amide bonds. The van der Waals surface area contributed by atoms with Gasteiger partial charge in [0.2, 0.25) is 17.7 Å². The van der Waals surface area contributed by atoms with Gasteiger partial charge in [-0.1, -0.05) is 24.3 Å².